The first-order chi connectivity index (χ1) is 10.1. The fourth-order valence-corrected chi connectivity index (χ4v) is 2.67. The minimum absolute atomic E-state index is 0.627. The molecular formula is C17H19N3O. The molecule has 0 amide bonds. The molecule has 1 aliphatic heterocycles. The van der Waals surface area contributed by atoms with Crippen LogP contribution in [0.3, 0.4) is 0 Å². The lowest BCUT2D eigenvalue weighted by atomic mass is 9.93. The van der Waals surface area contributed by atoms with Gasteiger partial charge >= 0.3 is 0 Å². The second-order valence-corrected chi connectivity index (χ2v) is 5.30. The Balaban J connectivity index is 1.91. The number of methoxy groups -OCH3 is 1. The fraction of sp³-hybridized carbons (Fsp3) is 0.176. The van der Waals surface area contributed by atoms with Gasteiger partial charge in [0.2, 0.25) is 0 Å². The van der Waals surface area contributed by atoms with E-state index >= 15 is 0 Å². The van der Waals surface area contributed by atoms with Crippen LogP contribution in [0, 0.1) is 0 Å². The second-order valence-electron chi connectivity index (χ2n) is 5.30. The Morgan fingerprint density at radius 2 is 1.95 bits per heavy atom. The fourth-order valence-electron chi connectivity index (χ4n) is 2.67. The number of rotatable bonds is 3. The summed E-state index contributed by atoms with van der Waals surface area (Å²) >= 11 is 0. The van der Waals surface area contributed by atoms with Gasteiger partial charge in [-0.3, -0.25) is 0 Å². The molecule has 0 saturated heterocycles. The van der Waals surface area contributed by atoms with Crippen molar-refractivity contribution in [1.29, 1.82) is 0 Å². The first-order valence-corrected chi connectivity index (χ1v) is 6.88. The topological polar surface area (TPSA) is 73.3 Å². The van der Waals surface area contributed by atoms with Crippen molar-refractivity contribution in [3.05, 3.63) is 59.7 Å². The van der Waals surface area contributed by atoms with E-state index in [-0.39, 0.29) is 0 Å². The van der Waals surface area contributed by atoms with Gasteiger partial charge in [-0.2, -0.15) is 0 Å². The van der Waals surface area contributed by atoms with E-state index in [1.807, 2.05) is 54.6 Å². The zero-order chi connectivity index (χ0) is 14.9. The average molecular weight is 281 g/mol. The molecule has 0 aliphatic carbocycles. The van der Waals surface area contributed by atoms with Gasteiger partial charge < -0.3 is 21.5 Å². The smallest absolute Gasteiger partial charge is 0.122 e. The van der Waals surface area contributed by atoms with E-state index < -0.39 is 5.66 Å². The molecule has 0 saturated carbocycles. The standard InChI is InChI=1S/C17H19N3O/c1-21-16-8-3-2-5-12(16)11-17(19)10-9-13-14(18)6-4-7-15(13)20-17/h2-10,20H,11,18-19H2,1H3. The van der Waals surface area contributed by atoms with Crippen LogP contribution in [0.25, 0.3) is 6.08 Å². The number of ether oxygens (including phenoxy) is 1. The van der Waals surface area contributed by atoms with Crippen LogP contribution < -0.4 is 21.5 Å². The molecule has 0 bridgehead atoms. The van der Waals surface area contributed by atoms with E-state index in [1.165, 1.54) is 0 Å². The van der Waals surface area contributed by atoms with E-state index in [2.05, 4.69) is 5.32 Å². The van der Waals surface area contributed by atoms with Crippen molar-refractivity contribution < 1.29 is 4.74 Å². The highest BCUT2D eigenvalue weighted by Crippen LogP contribution is 2.32. The summed E-state index contributed by atoms with van der Waals surface area (Å²) in [5, 5.41) is 3.37. The van der Waals surface area contributed by atoms with Crippen LogP contribution in [0.1, 0.15) is 11.1 Å². The third kappa shape index (κ3) is 2.58. The summed E-state index contributed by atoms with van der Waals surface area (Å²) in [5.74, 6) is 0.843. The maximum absolute atomic E-state index is 6.49. The summed E-state index contributed by atoms with van der Waals surface area (Å²) in [6.07, 6.45) is 4.57. The Bertz CT molecular complexity index is 696. The largest absolute Gasteiger partial charge is 0.496 e. The number of nitrogen functional groups attached to an aromatic ring is 1. The highest BCUT2D eigenvalue weighted by molar-refractivity contribution is 5.80. The maximum atomic E-state index is 6.49. The summed E-state index contributed by atoms with van der Waals surface area (Å²) in [6, 6.07) is 13.7. The number of nitrogens with one attached hydrogen (secondary N) is 1. The van der Waals surface area contributed by atoms with Crippen LogP contribution in [0.4, 0.5) is 11.4 Å². The minimum Gasteiger partial charge on any atom is -0.496 e. The zero-order valence-electron chi connectivity index (χ0n) is 12.0. The first-order valence-electron chi connectivity index (χ1n) is 6.88. The third-order valence-corrected chi connectivity index (χ3v) is 3.73. The SMILES string of the molecule is COc1ccccc1CC1(N)C=Cc2c(N)cccc2N1. The highest BCUT2D eigenvalue weighted by Gasteiger charge is 2.27. The molecule has 0 fully saturated rings. The van der Waals surface area contributed by atoms with Crippen LogP contribution in [0.15, 0.2) is 48.5 Å². The van der Waals surface area contributed by atoms with Crippen molar-refractivity contribution in [2.45, 2.75) is 12.1 Å². The molecule has 5 N–H and O–H groups in total. The van der Waals surface area contributed by atoms with Crippen molar-refractivity contribution in [2.24, 2.45) is 5.73 Å². The lowest BCUT2D eigenvalue weighted by Crippen LogP contribution is -2.49. The summed E-state index contributed by atoms with van der Waals surface area (Å²) in [5.41, 5.74) is 15.6. The van der Waals surface area contributed by atoms with Crippen LogP contribution in [-0.2, 0) is 6.42 Å². The summed E-state index contributed by atoms with van der Waals surface area (Å²) < 4.78 is 5.39. The Hall–Kier alpha value is -2.46. The third-order valence-electron chi connectivity index (χ3n) is 3.73. The highest BCUT2D eigenvalue weighted by atomic mass is 16.5. The quantitative estimate of drug-likeness (QED) is 0.756. The van der Waals surface area contributed by atoms with Gasteiger partial charge in [-0.05, 0) is 29.8 Å². The lowest BCUT2D eigenvalue weighted by Gasteiger charge is -2.33. The second kappa shape index (κ2) is 5.14. The Morgan fingerprint density at radius 1 is 1.14 bits per heavy atom. The van der Waals surface area contributed by atoms with Gasteiger partial charge in [0.15, 0.2) is 0 Å². The number of hydrogen-bond donors (Lipinski definition) is 3. The van der Waals surface area contributed by atoms with Gasteiger partial charge in [0.25, 0.3) is 0 Å². The Labute approximate surface area is 124 Å². The predicted octanol–water partition coefficient (Wildman–Crippen LogP) is 2.61. The molecule has 21 heavy (non-hydrogen) atoms. The van der Waals surface area contributed by atoms with E-state index in [4.69, 9.17) is 16.2 Å². The van der Waals surface area contributed by atoms with E-state index in [1.54, 1.807) is 7.11 Å². The van der Waals surface area contributed by atoms with Crippen molar-refractivity contribution in [1.82, 2.24) is 0 Å². The molecule has 0 aromatic heterocycles. The molecule has 108 valence electrons. The first kappa shape index (κ1) is 13.5. The van der Waals surface area contributed by atoms with E-state index in [0.29, 0.717) is 6.42 Å². The predicted molar refractivity (Wildman–Crippen MR) is 87.1 cm³/mol. The monoisotopic (exact) mass is 281 g/mol. The van der Waals surface area contributed by atoms with Crippen molar-refractivity contribution in [3.63, 3.8) is 0 Å². The minimum atomic E-state index is -0.657. The molecule has 2 aromatic carbocycles. The molecule has 0 spiro atoms. The number of para-hydroxylation sites is 1. The molecule has 1 heterocycles. The number of benzene rings is 2. The van der Waals surface area contributed by atoms with Gasteiger partial charge in [0, 0.05) is 23.4 Å². The summed E-state index contributed by atoms with van der Waals surface area (Å²) in [7, 11) is 1.67. The molecule has 1 atom stereocenters. The van der Waals surface area contributed by atoms with Gasteiger partial charge in [0.1, 0.15) is 11.4 Å². The molecule has 4 heteroatoms. The molecule has 2 aromatic rings. The molecule has 3 rings (SSSR count). The lowest BCUT2D eigenvalue weighted by molar-refractivity contribution is 0.406. The van der Waals surface area contributed by atoms with Gasteiger partial charge in [0.05, 0.1) is 7.11 Å². The number of anilines is 2. The number of hydrogen-bond acceptors (Lipinski definition) is 4. The summed E-state index contributed by atoms with van der Waals surface area (Å²) in [6.45, 7) is 0. The van der Waals surface area contributed by atoms with Gasteiger partial charge in [-0.1, -0.05) is 30.3 Å². The molecule has 0 radical (unpaired) electrons. The Kier molecular flexibility index (Phi) is 3.31. The molecule has 1 aliphatic rings. The molecule has 4 nitrogen and oxygen atoms in total. The van der Waals surface area contributed by atoms with Crippen molar-refractivity contribution in [2.75, 3.05) is 18.2 Å². The normalized spacial score (nSPS) is 19.7. The van der Waals surface area contributed by atoms with Gasteiger partial charge in [-0.25, -0.2) is 0 Å². The van der Waals surface area contributed by atoms with E-state index in [0.717, 1.165) is 28.3 Å². The van der Waals surface area contributed by atoms with E-state index in [9.17, 15) is 0 Å². The molecule has 1 unspecified atom stereocenters. The number of nitrogens with two attached hydrogens (primary N) is 2. The average Bonchev–Trinajstić information content (AvgIpc) is 2.47. The summed E-state index contributed by atoms with van der Waals surface area (Å²) in [4.78, 5) is 0. The van der Waals surface area contributed by atoms with Crippen LogP contribution in [-0.4, -0.2) is 12.8 Å². The molecular weight excluding hydrogens is 262 g/mol. The number of fused-ring (bicyclic) bond motifs is 1. The van der Waals surface area contributed by atoms with Crippen molar-refractivity contribution >= 4 is 17.5 Å². The maximum Gasteiger partial charge on any atom is 0.122 e. The van der Waals surface area contributed by atoms with Crippen LogP contribution in [0.2, 0.25) is 0 Å². The van der Waals surface area contributed by atoms with Crippen molar-refractivity contribution in [3.8, 4) is 5.75 Å². The van der Waals surface area contributed by atoms with Crippen LogP contribution in [0.5, 0.6) is 5.75 Å². The van der Waals surface area contributed by atoms with Crippen LogP contribution >= 0.6 is 0 Å². The Morgan fingerprint density at radius 3 is 2.76 bits per heavy atom. The van der Waals surface area contributed by atoms with Gasteiger partial charge in [-0.15, -0.1) is 0 Å². The zero-order valence-corrected chi connectivity index (χ0v) is 12.0.